The number of halogens is 1. The van der Waals surface area contributed by atoms with E-state index in [0.717, 1.165) is 24.9 Å². The number of benzene rings is 1. The first-order valence-electron chi connectivity index (χ1n) is 6.65. The summed E-state index contributed by atoms with van der Waals surface area (Å²) in [4.78, 5) is 0. The predicted octanol–water partition coefficient (Wildman–Crippen LogP) is 3.91. The number of nitriles is 1. The zero-order chi connectivity index (χ0) is 14.1. The number of nitrogens with zero attached hydrogens (tertiary/aromatic N) is 1. The van der Waals surface area contributed by atoms with Gasteiger partial charge in [-0.25, -0.2) is 0 Å². The van der Waals surface area contributed by atoms with Crippen LogP contribution < -0.4 is 10.1 Å². The maximum atomic E-state index is 8.43. The molecule has 0 saturated heterocycles. The zero-order valence-electron chi connectivity index (χ0n) is 11.6. The lowest BCUT2D eigenvalue weighted by atomic mass is 10.2. The van der Waals surface area contributed by atoms with Crippen molar-refractivity contribution in [3.05, 3.63) is 28.8 Å². The fourth-order valence-electron chi connectivity index (χ4n) is 1.58. The Morgan fingerprint density at radius 1 is 1.37 bits per heavy atom. The Bertz CT molecular complexity index is 427. The molecule has 3 nitrogen and oxygen atoms in total. The molecular weight excluding hydrogens is 260 g/mol. The molecule has 0 radical (unpaired) electrons. The normalized spacial score (nSPS) is 10.5. The number of hydrogen-bond acceptors (Lipinski definition) is 3. The number of rotatable bonds is 8. The van der Waals surface area contributed by atoms with Gasteiger partial charge in [0.25, 0.3) is 0 Å². The second-order valence-electron chi connectivity index (χ2n) is 4.76. The Morgan fingerprint density at radius 3 is 2.79 bits per heavy atom. The standard InChI is InChI=1S/C15H21ClN2O/c1-12(2)18-11-13-6-7-15(14(16)10-13)19-9-5-3-4-8-17/h6-7,10,12,18H,3-5,9,11H2,1-2H3. The first-order valence-corrected chi connectivity index (χ1v) is 7.03. The highest BCUT2D eigenvalue weighted by molar-refractivity contribution is 6.32. The van der Waals surface area contributed by atoms with E-state index in [-0.39, 0.29) is 0 Å². The summed E-state index contributed by atoms with van der Waals surface area (Å²) in [6.45, 7) is 5.63. The molecule has 0 amide bonds. The van der Waals surface area contributed by atoms with Gasteiger partial charge in [0.15, 0.2) is 0 Å². The van der Waals surface area contributed by atoms with Gasteiger partial charge < -0.3 is 10.1 Å². The molecule has 0 aliphatic heterocycles. The van der Waals surface area contributed by atoms with E-state index in [4.69, 9.17) is 21.6 Å². The van der Waals surface area contributed by atoms with Crippen LogP contribution in [0.25, 0.3) is 0 Å². The van der Waals surface area contributed by atoms with Crippen LogP contribution in [0.5, 0.6) is 5.75 Å². The van der Waals surface area contributed by atoms with Crippen molar-refractivity contribution in [3.63, 3.8) is 0 Å². The van der Waals surface area contributed by atoms with Crippen molar-refractivity contribution in [1.29, 1.82) is 5.26 Å². The highest BCUT2D eigenvalue weighted by atomic mass is 35.5. The molecule has 0 atom stereocenters. The molecule has 1 N–H and O–H groups in total. The molecule has 19 heavy (non-hydrogen) atoms. The first kappa shape index (κ1) is 15.8. The van der Waals surface area contributed by atoms with E-state index in [9.17, 15) is 0 Å². The molecule has 0 heterocycles. The van der Waals surface area contributed by atoms with E-state index in [1.807, 2.05) is 18.2 Å². The molecule has 0 fully saturated rings. The Morgan fingerprint density at radius 2 is 2.16 bits per heavy atom. The van der Waals surface area contributed by atoms with E-state index >= 15 is 0 Å². The van der Waals surface area contributed by atoms with Gasteiger partial charge in [-0.2, -0.15) is 5.26 Å². The first-order chi connectivity index (χ1) is 9.13. The minimum absolute atomic E-state index is 0.454. The molecule has 0 unspecified atom stereocenters. The Balaban J connectivity index is 2.41. The molecule has 0 aliphatic rings. The summed E-state index contributed by atoms with van der Waals surface area (Å²) < 4.78 is 5.60. The van der Waals surface area contributed by atoms with Gasteiger partial charge in [-0.05, 0) is 30.5 Å². The van der Waals surface area contributed by atoms with Crippen molar-refractivity contribution in [2.45, 2.75) is 45.7 Å². The highest BCUT2D eigenvalue weighted by Crippen LogP contribution is 2.25. The van der Waals surface area contributed by atoms with Gasteiger partial charge in [-0.1, -0.05) is 31.5 Å². The summed E-state index contributed by atoms with van der Waals surface area (Å²) in [5, 5.41) is 12.4. The van der Waals surface area contributed by atoms with Crippen molar-refractivity contribution in [3.8, 4) is 11.8 Å². The van der Waals surface area contributed by atoms with Crippen molar-refractivity contribution >= 4 is 11.6 Å². The fourth-order valence-corrected chi connectivity index (χ4v) is 1.84. The van der Waals surface area contributed by atoms with Crippen LogP contribution in [0.4, 0.5) is 0 Å². The lowest BCUT2D eigenvalue weighted by molar-refractivity contribution is 0.307. The molecule has 0 aliphatic carbocycles. The van der Waals surface area contributed by atoms with E-state index < -0.39 is 0 Å². The molecular formula is C15H21ClN2O. The van der Waals surface area contributed by atoms with Crippen LogP contribution in [0.3, 0.4) is 0 Å². The van der Waals surface area contributed by atoms with Gasteiger partial charge in [0.2, 0.25) is 0 Å². The van der Waals surface area contributed by atoms with E-state index in [0.29, 0.717) is 29.8 Å². The predicted molar refractivity (Wildman–Crippen MR) is 78.4 cm³/mol. The van der Waals surface area contributed by atoms with Crippen LogP contribution in [0.15, 0.2) is 18.2 Å². The summed E-state index contributed by atoms with van der Waals surface area (Å²) in [5.74, 6) is 0.715. The molecule has 1 aromatic carbocycles. The quantitative estimate of drug-likeness (QED) is 0.734. The molecule has 1 aromatic rings. The lowest BCUT2D eigenvalue weighted by Gasteiger charge is -2.11. The van der Waals surface area contributed by atoms with Crippen LogP contribution in [0.1, 0.15) is 38.7 Å². The number of ether oxygens (including phenoxy) is 1. The lowest BCUT2D eigenvalue weighted by Crippen LogP contribution is -2.21. The van der Waals surface area contributed by atoms with Crippen LogP contribution >= 0.6 is 11.6 Å². The van der Waals surface area contributed by atoms with Crippen LogP contribution in [0, 0.1) is 11.3 Å². The Kier molecular flexibility index (Phi) is 7.32. The van der Waals surface area contributed by atoms with Gasteiger partial charge in [0.1, 0.15) is 5.75 Å². The molecule has 104 valence electrons. The Hall–Kier alpha value is -1.24. The molecule has 1 rings (SSSR count). The average molecular weight is 281 g/mol. The topological polar surface area (TPSA) is 45.0 Å². The molecule has 4 heteroatoms. The minimum Gasteiger partial charge on any atom is -0.492 e. The largest absolute Gasteiger partial charge is 0.492 e. The van der Waals surface area contributed by atoms with E-state index in [1.54, 1.807) is 0 Å². The van der Waals surface area contributed by atoms with Crippen LogP contribution in [-0.2, 0) is 6.54 Å². The van der Waals surface area contributed by atoms with Crippen LogP contribution in [0.2, 0.25) is 5.02 Å². The van der Waals surface area contributed by atoms with Gasteiger partial charge >= 0.3 is 0 Å². The fraction of sp³-hybridized carbons (Fsp3) is 0.533. The number of nitrogens with one attached hydrogen (secondary N) is 1. The zero-order valence-corrected chi connectivity index (χ0v) is 12.3. The molecule has 0 saturated carbocycles. The van der Waals surface area contributed by atoms with Crippen LogP contribution in [-0.4, -0.2) is 12.6 Å². The Labute approximate surface area is 120 Å². The third kappa shape index (κ3) is 6.47. The molecule has 0 spiro atoms. The van der Waals surface area contributed by atoms with E-state index in [2.05, 4.69) is 25.2 Å². The average Bonchev–Trinajstić information content (AvgIpc) is 2.38. The second-order valence-corrected chi connectivity index (χ2v) is 5.17. The van der Waals surface area contributed by atoms with Gasteiger partial charge in [-0.15, -0.1) is 0 Å². The molecule has 0 aromatic heterocycles. The maximum Gasteiger partial charge on any atom is 0.137 e. The highest BCUT2D eigenvalue weighted by Gasteiger charge is 2.03. The summed E-state index contributed by atoms with van der Waals surface area (Å²) in [6, 6.07) is 8.43. The maximum absolute atomic E-state index is 8.43. The summed E-state index contributed by atoms with van der Waals surface area (Å²) >= 11 is 6.18. The SMILES string of the molecule is CC(C)NCc1ccc(OCCCCC#N)c(Cl)c1. The molecule has 0 bridgehead atoms. The summed E-state index contributed by atoms with van der Waals surface area (Å²) in [6.07, 6.45) is 2.32. The minimum atomic E-state index is 0.454. The van der Waals surface area contributed by atoms with Crippen molar-refractivity contribution in [2.24, 2.45) is 0 Å². The smallest absolute Gasteiger partial charge is 0.137 e. The summed E-state index contributed by atoms with van der Waals surface area (Å²) in [5.41, 5.74) is 1.15. The van der Waals surface area contributed by atoms with Crippen molar-refractivity contribution < 1.29 is 4.74 Å². The summed E-state index contributed by atoms with van der Waals surface area (Å²) in [7, 11) is 0. The number of hydrogen-bond donors (Lipinski definition) is 1. The number of unbranched alkanes of at least 4 members (excludes halogenated alkanes) is 2. The third-order valence-electron chi connectivity index (χ3n) is 2.65. The third-order valence-corrected chi connectivity index (χ3v) is 2.95. The monoisotopic (exact) mass is 280 g/mol. The van der Waals surface area contributed by atoms with Crippen molar-refractivity contribution in [1.82, 2.24) is 5.32 Å². The van der Waals surface area contributed by atoms with Gasteiger partial charge in [-0.3, -0.25) is 0 Å². The van der Waals surface area contributed by atoms with Gasteiger partial charge in [0, 0.05) is 19.0 Å². The second kappa shape index (κ2) is 8.79. The van der Waals surface area contributed by atoms with E-state index in [1.165, 1.54) is 0 Å². The van der Waals surface area contributed by atoms with Crippen molar-refractivity contribution in [2.75, 3.05) is 6.61 Å². The van der Waals surface area contributed by atoms with Gasteiger partial charge in [0.05, 0.1) is 17.7 Å².